The van der Waals surface area contributed by atoms with E-state index in [0.717, 1.165) is 25.1 Å². The highest BCUT2D eigenvalue weighted by Crippen LogP contribution is 2.41. The largest absolute Gasteiger partial charge is 0.317 e. The molecular formula is C17H25F2N. The highest BCUT2D eigenvalue weighted by Gasteiger charge is 2.30. The molecule has 1 aromatic rings. The topological polar surface area (TPSA) is 12.0 Å². The van der Waals surface area contributed by atoms with E-state index in [4.69, 9.17) is 0 Å². The Balaban J connectivity index is 2.18. The molecule has 1 saturated carbocycles. The molecule has 0 amide bonds. The first-order valence-corrected chi connectivity index (χ1v) is 7.81. The van der Waals surface area contributed by atoms with Crippen molar-refractivity contribution in [2.75, 3.05) is 13.1 Å². The Kier molecular flexibility index (Phi) is 5.53. The van der Waals surface area contributed by atoms with E-state index in [2.05, 4.69) is 19.2 Å². The fourth-order valence-electron chi connectivity index (χ4n) is 3.42. The van der Waals surface area contributed by atoms with E-state index in [1.165, 1.54) is 31.4 Å². The summed E-state index contributed by atoms with van der Waals surface area (Å²) in [7, 11) is 0. The Morgan fingerprint density at radius 3 is 2.60 bits per heavy atom. The Morgan fingerprint density at radius 2 is 1.95 bits per heavy atom. The van der Waals surface area contributed by atoms with Crippen molar-refractivity contribution in [3.05, 3.63) is 35.4 Å². The van der Waals surface area contributed by atoms with Gasteiger partial charge in [-0.1, -0.05) is 32.8 Å². The molecule has 20 heavy (non-hydrogen) atoms. The minimum Gasteiger partial charge on any atom is -0.317 e. The van der Waals surface area contributed by atoms with Crippen LogP contribution in [0.1, 0.15) is 51.0 Å². The second kappa shape index (κ2) is 7.16. The quantitative estimate of drug-likeness (QED) is 0.839. The van der Waals surface area contributed by atoms with Crippen molar-refractivity contribution in [2.24, 2.45) is 11.8 Å². The van der Waals surface area contributed by atoms with Gasteiger partial charge >= 0.3 is 0 Å². The zero-order valence-electron chi connectivity index (χ0n) is 12.5. The lowest BCUT2D eigenvalue weighted by Gasteiger charge is -2.36. The van der Waals surface area contributed by atoms with Gasteiger partial charge in [0, 0.05) is 0 Å². The van der Waals surface area contributed by atoms with Crippen LogP contribution in [0.15, 0.2) is 18.2 Å². The van der Waals surface area contributed by atoms with Gasteiger partial charge in [0.15, 0.2) is 11.6 Å². The van der Waals surface area contributed by atoms with Gasteiger partial charge in [-0.2, -0.15) is 0 Å². The molecular weight excluding hydrogens is 256 g/mol. The van der Waals surface area contributed by atoms with Gasteiger partial charge < -0.3 is 5.32 Å². The van der Waals surface area contributed by atoms with Gasteiger partial charge in [-0.25, -0.2) is 8.78 Å². The van der Waals surface area contributed by atoms with Crippen molar-refractivity contribution in [1.82, 2.24) is 5.32 Å². The van der Waals surface area contributed by atoms with Crippen molar-refractivity contribution in [3.63, 3.8) is 0 Å². The number of nitrogens with one attached hydrogen (secondary N) is 1. The first kappa shape index (κ1) is 15.4. The van der Waals surface area contributed by atoms with Crippen LogP contribution < -0.4 is 5.32 Å². The van der Waals surface area contributed by atoms with E-state index in [-0.39, 0.29) is 0 Å². The first-order chi connectivity index (χ1) is 9.65. The zero-order valence-corrected chi connectivity index (χ0v) is 12.5. The maximum absolute atomic E-state index is 13.5. The Labute approximate surface area is 120 Å². The number of benzene rings is 1. The summed E-state index contributed by atoms with van der Waals surface area (Å²) in [6.07, 6.45) is 4.70. The third-order valence-corrected chi connectivity index (χ3v) is 4.71. The summed E-state index contributed by atoms with van der Waals surface area (Å²) in [6.45, 7) is 6.25. The van der Waals surface area contributed by atoms with Gasteiger partial charge in [-0.3, -0.25) is 0 Å². The molecule has 3 heteroatoms. The minimum absolute atomic E-state index is 0.350. The number of rotatable bonds is 5. The zero-order chi connectivity index (χ0) is 14.5. The van der Waals surface area contributed by atoms with Crippen molar-refractivity contribution in [1.29, 1.82) is 0 Å². The molecule has 0 saturated heterocycles. The van der Waals surface area contributed by atoms with Crippen LogP contribution in [0.4, 0.5) is 8.78 Å². The normalized spacial score (nSPS) is 26.7. The molecule has 1 nitrogen and oxygen atoms in total. The third-order valence-electron chi connectivity index (χ3n) is 4.71. The van der Waals surface area contributed by atoms with E-state index in [1.54, 1.807) is 6.07 Å². The highest BCUT2D eigenvalue weighted by atomic mass is 19.2. The van der Waals surface area contributed by atoms with Gasteiger partial charge in [0.1, 0.15) is 0 Å². The molecule has 0 spiro atoms. The van der Waals surface area contributed by atoms with Crippen LogP contribution in [-0.4, -0.2) is 13.1 Å². The van der Waals surface area contributed by atoms with Gasteiger partial charge in [0.2, 0.25) is 0 Å². The lowest BCUT2D eigenvalue weighted by molar-refractivity contribution is 0.226. The second-order valence-corrected chi connectivity index (χ2v) is 5.94. The molecule has 0 bridgehead atoms. The van der Waals surface area contributed by atoms with Gasteiger partial charge in [-0.15, -0.1) is 0 Å². The van der Waals surface area contributed by atoms with Crippen LogP contribution in [0.25, 0.3) is 0 Å². The summed E-state index contributed by atoms with van der Waals surface area (Å²) in [6, 6.07) is 4.43. The van der Waals surface area contributed by atoms with Crippen LogP contribution in [0.5, 0.6) is 0 Å². The molecule has 1 aliphatic rings. The van der Waals surface area contributed by atoms with E-state index in [0.29, 0.717) is 17.8 Å². The summed E-state index contributed by atoms with van der Waals surface area (Å²) >= 11 is 0. The molecule has 3 atom stereocenters. The van der Waals surface area contributed by atoms with Gasteiger partial charge in [-0.05, 0) is 61.4 Å². The standard InChI is InChI=1S/C17H25F2N/c1-3-12-5-6-14(11-20-4-2)15(9-12)13-7-8-16(18)17(19)10-13/h7-8,10,12,14-15,20H,3-6,9,11H2,1-2H3. The smallest absolute Gasteiger partial charge is 0.159 e. The molecule has 0 heterocycles. The van der Waals surface area contributed by atoms with E-state index >= 15 is 0 Å². The molecule has 0 radical (unpaired) electrons. The maximum Gasteiger partial charge on any atom is 0.159 e. The first-order valence-electron chi connectivity index (χ1n) is 7.81. The Bertz CT molecular complexity index is 433. The molecule has 1 fully saturated rings. The minimum atomic E-state index is -0.750. The maximum atomic E-state index is 13.5. The third kappa shape index (κ3) is 3.57. The van der Waals surface area contributed by atoms with Gasteiger partial charge in [0.25, 0.3) is 0 Å². The Hall–Kier alpha value is -0.960. The fourth-order valence-corrected chi connectivity index (χ4v) is 3.42. The Morgan fingerprint density at radius 1 is 1.15 bits per heavy atom. The molecule has 0 aromatic heterocycles. The van der Waals surface area contributed by atoms with Crippen molar-refractivity contribution in [3.8, 4) is 0 Å². The molecule has 112 valence electrons. The lowest BCUT2D eigenvalue weighted by Crippen LogP contribution is -2.32. The van der Waals surface area contributed by atoms with Crippen LogP contribution in [0.2, 0.25) is 0 Å². The number of halogens is 2. The average molecular weight is 281 g/mol. The number of hydrogen-bond acceptors (Lipinski definition) is 1. The fraction of sp³-hybridized carbons (Fsp3) is 0.647. The van der Waals surface area contributed by atoms with Crippen LogP contribution in [0.3, 0.4) is 0 Å². The lowest BCUT2D eigenvalue weighted by atomic mass is 9.70. The van der Waals surface area contributed by atoms with E-state index in [9.17, 15) is 8.78 Å². The van der Waals surface area contributed by atoms with Crippen molar-refractivity contribution >= 4 is 0 Å². The van der Waals surface area contributed by atoms with Gasteiger partial charge in [0.05, 0.1) is 0 Å². The van der Waals surface area contributed by atoms with Crippen molar-refractivity contribution in [2.45, 2.75) is 45.4 Å². The van der Waals surface area contributed by atoms with Crippen LogP contribution in [0, 0.1) is 23.5 Å². The monoisotopic (exact) mass is 281 g/mol. The molecule has 1 aromatic carbocycles. The molecule has 1 N–H and O–H groups in total. The van der Waals surface area contributed by atoms with Crippen molar-refractivity contribution < 1.29 is 8.78 Å². The summed E-state index contributed by atoms with van der Waals surface area (Å²) in [5.74, 6) is 0.125. The predicted octanol–water partition coefficient (Wildman–Crippen LogP) is 4.48. The SMILES string of the molecule is CCNCC1CCC(CC)CC1c1ccc(F)c(F)c1. The second-order valence-electron chi connectivity index (χ2n) is 5.94. The summed E-state index contributed by atoms with van der Waals surface area (Å²) < 4.78 is 26.6. The molecule has 0 aliphatic heterocycles. The molecule has 2 rings (SSSR count). The highest BCUT2D eigenvalue weighted by molar-refractivity contribution is 5.23. The molecule has 1 aliphatic carbocycles. The molecule has 3 unspecified atom stereocenters. The summed E-state index contributed by atoms with van der Waals surface area (Å²) in [4.78, 5) is 0. The predicted molar refractivity (Wildman–Crippen MR) is 78.8 cm³/mol. The average Bonchev–Trinajstić information content (AvgIpc) is 2.48. The van der Waals surface area contributed by atoms with Crippen LogP contribution in [-0.2, 0) is 0 Å². The van der Waals surface area contributed by atoms with E-state index in [1.807, 2.05) is 0 Å². The van der Waals surface area contributed by atoms with Crippen LogP contribution >= 0.6 is 0 Å². The summed E-state index contributed by atoms with van der Waals surface area (Å²) in [5.41, 5.74) is 0.963. The summed E-state index contributed by atoms with van der Waals surface area (Å²) in [5, 5.41) is 3.41. The van der Waals surface area contributed by atoms with E-state index < -0.39 is 11.6 Å². The number of hydrogen-bond donors (Lipinski definition) is 1.